The summed E-state index contributed by atoms with van der Waals surface area (Å²) in [6, 6.07) is 14.4. The van der Waals surface area contributed by atoms with Crippen LogP contribution in [-0.4, -0.2) is 41.0 Å². The Hall–Kier alpha value is -2.68. The SMILES string of the molecule is [NH-]Cc1cc(-c2ccc(C(F)(F)F)cc2)nc(N2CCN(Cc3ccccc3Cl)CC2)n1. The smallest absolute Gasteiger partial charge is 0.416 e. The van der Waals surface area contributed by atoms with Crippen LogP contribution >= 0.6 is 11.6 Å². The highest BCUT2D eigenvalue weighted by atomic mass is 35.5. The number of hydrogen-bond acceptors (Lipinski definition) is 4. The quantitative estimate of drug-likeness (QED) is 0.490. The number of nitrogens with zero attached hydrogens (tertiary/aromatic N) is 4. The Bertz CT molecular complexity index is 1060. The topological polar surface area (TPSA) is 56.1 Å². The molecule has 3 aromatic rings. The van der Waals surface area contributed by atoms with Gasteiger partial charge in [0.05, 0.1) is 11.3 Å². The van der Waals surface area contributed by atoms with Crippen LogP contribution in [0.2, 0.25) is 5.02 Å². The first-order valence-electron chi connectivity index (χ1n) is 10.2. The molecule has 4 rings (SSSR count). The van der Waals surface area contributed by atoms with Crippen LogP contribution in [0.4, 0.5) is 19.1 Å². The summed E-state index contributed by atoms with van der Waals surface area (Å²) in [7, 11) is 0. The number of benzene rings is 2. The maximum absolute atomic E-state index is 12.9. The highest BCUT2D eigenvalue weighted by Gasteiger charge is 2.30. The number of piperazine rings is 1. The van der Waals surface area contributed by atoms with E-state index in [0.29, 0.717) is 36.0 Å². The van der Waals surface area contributed by atoms with Gasteiger partial charge in [-0.1, -0.05) is 41.9 Å². The van der Waals surface area contributed by atoms with Crippen LogP contribution < -0.4 is 4.90 Å². The van der Waals surface area contributed by atoms with E-state index >= 15 is 0 Å². The number of hydrogen-bond donors (Lipinski definition) is 0. The van der Waals surface area contributed by atoms with Crippen LogP contribution in [-0.2, 0) is 19.3 Å². The second-order valence-corrected chi connectivity index (χ2v) is 8.06. The van der Waals surface area contributed by atoms with E-state index in [9.17, 15) is 13.2 Å². The van der Waals surface area contributed by atoms with Gasteiger partial charge in [0.1, 0.15) is 0 Å². The largest absolute Gasteiger partial charge is 0.672 e. The van der Waals surface area contributed by atoms with Crippen molar-refractivity contribution in [1.29, 1.82) is 0 Å². The molecule has 2 aromatic carbocycles. The minimum absolute atomic E-state index is 0.0321. The van der Waals surface area contributed by atoms with E-state index in [2.05, 4.69) is 19.8 Å². The Morgan fingerprint density at radius 3 is 2.25 bits per heavy atom. The first-order valence-corrected chi connectivity index (χ1v) is 10.6. The zero-order chi connectivity index (χ0) is 22.7. The molecule has 0 radical (unpaired) electrons. The standard InChI is InChI=1S/C23H22ClF3N5/c24-20-4-2-1-3-17(20)15-31-9-11-32(12-10-31)22-29-19(14-28)13-21(30-22)16-5-7-18(8-6-16)23(25,26)27/h1-8,13,28H,9-12,14-15H2/q-1. The number of nitrogens with one attached hydrogen (secondary N) is 1. The Balaban J connectivity index is 1.49. The predicted octanol–water partition coefficient (Wildman–Crippen LogP) is 5.69. The summed E-state index contributed by atoms with van der Waals surface area (Å²) in [5.41, 5.74) is 9.72. The van der Waals surface area contributed by atoms with Gasteiger partial charge in [-0.2, -0.15) is 13.2 Å². The predicted molar refractivity (Wildman–Crippen MR) is 119 cm³/mol. The van der Waals surface area contributed by atoms with Gasteiger partial charge >= 0.3 is 6.18 Å². The molecule has 5 nitrogen and oxygen atoms in total. The van der Waals surface area contributed by atoms with E-state index < -0.39 is 11.7 Å². The second-order valence-electron chi connectivity index (χ2n) is 7.65. The highest BCUT2D eigenvalue weighted by molar-refractivity contribution is 6.31. The maximum Gasteiger partial charge on any atom is 0.416 e. The van der Waals surface area contributed by atoms with Crippen molar-refractivity contribution in [2.75, 3.05) is 31.1 Å². The molecule has 1 N–H and O–H groups in total. The molecule has 0 bridgehead atoms. The molecule has 168 valence electrons. The summed E-state index contributed by atoms with van der Waals surface area (Å²) >= 11 is 6.27. The number of alkyl halides is 3. The van der Waals surface area contributed by atoms with E-state index in [1.165, 1.54) is 12.1 Å². The van der Waals surface area contributed by atoms with Gasteiger partial charge in [0.15, 0.2) is 0 Å². The summed E-state index contributed by atoms with van der Waals surface area (Å²) in [6.07, 6.45) is -4.38. The van der Waals surface area contributed by atoms with Crippen LogP contribution in [0.5, 0.6) is 0 Å². The highest BCUT2D eigenvalue weighted by Crippen LogP contribution is 2.31. The minimum atomic E-state index is -4.38. The third kappa shape index (κ3) is 5.20. The lowest BCUT2D eigenvalue weighted by Crippen LogP contribution is -2.46. The van der Waals surface area contributed by atoms with Crippen molar-refractivity contribution in [3.8, 4) is 11.3 Å². The molecular formula is C23H22ClF3N5-. The Labute approximate surface area is 189 Å². The number of anilines is 1. The lowest BCUT2D eigenvalue weighted by atomic mass is 10.1. The van der Waals surface area contributed by atoms with Crippen LogP contribution in [0.25, 0.3) is 17.0 Å². The van der Waals surface area contributed by atoms with Crippen molar-refractivity contribution in [3.05, 3.63) is 82.2 Å². The fraction of sp³-hybridized carbons (Fsp3) is 0.304. The Morgan fingerprint density at radius 1 is 0.938 bits per heavy atom. The summed E-state index contributed by atoms with van der Waals surface area (Å²) < 4.78 is 38.6. The van der Waals surface area contributed by atoms with E-state index in [1.54, 1.807) is 6.07 Å². The van der Waals surface area contributed by atoms with E-state index in [1.807, 2.05) is 24.3 Å². The molecule has 9 heteroatoms. The van der Waals surface area contributed by atoms with E-state index in [4.69, 9.17) is 17.3 Å². The molecule has 2 heterocycles. The van der Waals surface area contributed by atoms with Crippen LogP contribution in [0.15, 0.2) is 54.6 Å². The molecule has 0 saturated carbocycles. The van der Waals surface area contributed by atoms with Crippen LogP contribution in [0.3, 0.4) is 0 Å². The fourth-order valence-electron chi connectivity index (χ4n) is 3.67. The van der Waals surface area contributed by atoms with Crippen molar-refractivity contribution >= 4 is 17.5 Å². The molecule has 1 fully saturated rings. The summed E-state index contributed by atoms with van der Waals surface area (Å²) in [6.45, 7) is 3.74. The van der Waals surface area contributed by atoms with Crippen molar-refractivity contribution in [2.24, 2.45) is 0 Å². The first-order chi connectivity index (χ1) is 15.3. The van der Waals surface area contributed by atoms with Crippen molar-refractivity contribution in [3.63, 3.8) is 0 Å². The third-order valence-electron chi connectivity index (χ3n) is 5.46. The number of rotatable bonds is 5. The molecule has 0 spiro atoms. The van der Waals surface area contributed by atoms with Gasteiger partial charge < -0.3 is 10.6 Å². The van der Waals surface area contributed by atoms with Gasteiger partial charge in [-0.15, -0.1) is 6.54 Å². The molecule has 0 unspecified atom stereocenters. The lowest BCUT2D eigenvalue weighted by molar-refractivity contribution is -0.137. The van der Waals surface area contributed by atoms with Gasteiger partial charge in [-0.3, -0.25) is 4.90 Å². The van der Waals surface area contributed by atoms with Gasteiger partial charge in [0.25, 0.3) is 0 Å². The van der Waals surface area contributed by atoms with Gasteiger partial charge in [0, 0.05) is 49.0 Å². The summed E-state index contributed by atoms with van der Waals surface area (Å²) in [5.74, 6) is 0.502. The molecule has 1 aromatic heterocycles. The van der Waals surface area contributed by atoms with Crippen LogP contribution in [0, 0.1) is 0 Å². The molecule has 0 amide bonds. The second kappa shape index (κ2) is 9.44. The summed E-state index contributed by atoms with van der Waals surface area (Å²) in [5, 5.41) is 0.752. The Kier molecular flexibility index (Phi) is 6.64. The zero-order valence-corrected chi connectivity index (χ0v) is 18.0. The van der Waals surface area contributed by atoms with Gasteiger partial charge in [-0.05, 0) is 29.8 Å². The molecule has 1 aliphatic heterocycles. The van der Waals surface area contributed by atoms with Crippen molar-refractivity contribution in [1.82, 2.24) is 14.9 Å². The third-order valence-corrected chi connectivity index (χ3v) is 5.83. The van der Waals surface area contributed by atoms with Crippen LogP contribution in [0.1, 0.15) is 16.8 Å². The monoisotopic (exact) mass is 460 g/mol. The Morgan fingerprint density at radius 2 is 1.62 bits per heavy atom. The first kappa shape index (κ1) is 22.5. The molecule has 1 saturated heterocycles. The van der Waals surface area contributed by atoms with Crippen molar-refractivity contribution < 1.29 is 13.2 Å². The number of aromatic nitrogens is 2. The average Bonchev–Trinajstić information content (AvgIpc) is 2.80. The normalized spacial score (nSPS) is 15.2. The minimum Gasteiger partial charge on any atom is -0.672 e. The van der Waals surface area contributed by atoms with Gasteiger partial charge in [0.2, 0.25) is 5.95 Å². The fourth-order valence-corrected chi connectivity index (χ4v) is 3.86. The summed E-state index contributed by atoms with van der Waals surface area (Å²) in [4.78, 5) is 13.4. The molecule has 0 atom stereocenters. The lowest BCUT2D eigenvalue weighted by Gasteiger charge is -2.35. The number of halogens is 4. The zero-order valence-electron chi connectivity index (χ0n) is 17.2. The van der Waals surface area contributed by atoms with E-state index in [-0.39, 0.29) is 6.54 Å². The van der Waals surface area contributed by atoms with Gasteiger partial charge in [-0.25, -0.2) is 9.97 Å². The van der Waals surface area contributed by atoms with Crippen molar-refractivity contribution in [2.45, 2.75) is 19.3 Å². The maximum atomic E-state index is 12.9. The molecule has 32 heavy (non-hydrogen) atoms. The van der Waals surface area contributed by atoms with E-state index in [0.717, 1.165) is 42.4 Å². The molecule has 1 aliphatic rings. The average molecular weight is 461 g/mol. The molecule has 0 aliphatic carbocycles. The molecular weight excluding hydrogens is 439 g/mol.